The summed E-state index contributed by atoms with van der Waals surface area (Å²) in [6, 6.07) is 13.7. The summed E-state index contributed by atoms with van der Waals surface area (Å²) in [4.78, 5) is 12.3. The molecule has 0 aliphatic carbocycles. The molecule has 2 aromatic carbocycles. The van der Waals surface area contributed by atoms with Crippen molar-refractivity contribution in [3.63, 3.8) is 0 Å². The minimum atomic E-state index is -4.69. The topological polar surface area (TPSA) is 65.4 Å². The Hall–Kier alpha value is -3.20. The van der Waals surface area contributed by atoms with Crippen LogP contribution in [0.2, 0.25) is 5.02 Å². The van der Waals surface area contributed by atoms with Crippen LogP contribution in [0.15, 0.2) is 54.6 Å². The fourth-order valence-corrected chi connectivity index (χ4v) is 2.92. The Morgan fingerprint density at radius 2 is 1.84 bits per heavy atom. The predicted molar refractivity (Wildman–Crippen MR) is 115 cm³/mol. The van der Waals surface area contributed by atoms with E-state index in [0.29, 0.717) is 18.0 Å². The predicted octanol–water partition coefficient (Wildman–Crippen LogP) is 5.74. The van der Waals surface area contributed by atoms with Crippen molar-refractivity contribution < 1.29 is 27.4 Å². The van der Waals surface area contributed by atoms with Crippen molar-refractivity contribution in [2.45, 2.75) is 25.9 Å². The molecule has 0 spiro atoms. The van der Waals surface area contributed by atoms with Crippen molar-refractivity contribution in [1.82, 2.24) is 9.78 Å². The van der Waals surface area contributed by atoms with Gasteiger partial charge in [0, 0.05) is 11.8 Å². The van der Waals surface area contributed by atoms with Crippen LogP contribution >= 0.6 is 11.6 Å². The van der Waals surface area contributed by atoms with Gasteiger partial charge in [-0.3, -0.25) is 4.79 Å². The van der Waals surface area contributed by atoms with E-state index in [4.69, 9.17) is 21.1 Å². The molecule has 0 atom stereocenters. The van der Waals surface area contributed by atoms with Crippen molar-refractivity contribution in [1.29, 1.82) is 0 Å². The van der Waals surface area contributed by atoms with Gasteiger partial charge in [-0.15, -0.1) is 0 Å². The van der Waals surface area contributed by atoms with Crippen LogP contribution in [-0.4, -0.2) is 28.9 Å². The zero-order chi connectivity index (χ0) is 23.1. The fraction of sp³-hybridized carbons (Fsp3) is 0.273. The van der Waals surface area contributed by atoms with E-state index in [1.165, 1.54) is 12.1 Å². The summed E-state index contributed by atoms with van der Waals surface area (Å²) >= 11 is 6.09. The zero-order valence-corrected chi connectivity index (χ0v) is 17.9. The van der Waals surface area contributed by atoms with Crippen molar-refractivity contribution >= 4 is 23.2 Å². The van der Waals surface area contributed by atoms with Crippen molar-refractivity contribution in [3.05, 3.63) is 65.3 Å². The second-order valence-corrected chi connectivity index (χ2v) is 7.20. The molecule has 1 heterocycles. The normalized spacial score (nSPS) is 11.3. The Labute approximate surface area is 187 Å². The highest BCUT2D eigenvalue weighted by atomic mass is 35.5. The molecule has 0 unspecified atom stereocenters. The van der Waals surface area contributed by atoms with Crippen molar-refractivity contribution in [2.75, 3.05) is 18.5 Å². The van der Waals surface area contributed by atoms with E-state index in [-0.39, 0.29) is 16.6 Å². The molecule has 10 heteroatoms. The van der Waals surface area contributed by atoms with Crippen LogP contribution < -0.4 is 14.8 Å². The third kappa shape index (κ3) is 6.16. The molecule has 0 saturated heterocycles. The Morgan fingerprint density at radius 1 is 1.12 bits per heavy atom. The van der Waals surface area contributed by atoms with Gasteiger partial charge in [-0.25, -0.2) is 0 Å². The Balaban J connectivity index is 1.67. The molecule has 3 rings (SSSR count). The third-order valence-corrected chi connectivity index (χ3v) is 4.62. The minimum Gasteiger partial charge on any atom is -0.494 e. The summed E-state index contributed by atoms with van der Waals surface area (Å²) in [6.45, 7) is 2.15. The molecule has 170 valence electrons. The average molecular weight is 468 g/mol. The summed E-state index contributed by atoms with van der Waals surface area (Å²) in [5.74, 6) is -0.138. The van der Waals surface area contributed by atoms with E-state index >= 15 is 0 Å². The van der Waals surface area contributed by atoms with Crippen LogP contribution in [-0.2, 0) is 11.0 Å². The summed E-state index contributed by atoms with van der Waals surface area (Å²) in [5.41, 5.74) is -0.470. The summed E-state index contributed by atoms with van der Waals surface area (Å²) < 4.78 is 51.3. The lowest BCUT2D eigenvalue weighted by Crippen LogP contribution is -2.21. The Morgan fingerprint density at radius 3 is 2.50 bits per heavy atom. The first-order chi connectivity index (χ1) is 15.3. The molecule has 1 amide bonds. The maximum Gasteiger partial charge on any atom is 0.435 e. The number of hydrogen-bond donors (Lipinski definition) is 1. The van der Waals surface area contributed by atoms with Crippen LogP contribution in [0.4, 0.5) is 18.9 Å². The molecule has 0 aliphatic heterocycles. The monoisotopic (exact) mass is 467 g/mol. The molecule has 0 fully saturated rings. The third-order valence-electron chi connectivity index (χ3n) is 4.30. The number of carbonyl (C=O) groups is 1. The maximum atomic E-state index is 13.2. The number of alkyl halides is 3. The number of nitrogens with one attached hydrogen (secondary N) is 1. The second-order valence-electron chi connectivity index (χ2n) is 6.79. The number of hydrogen-bond acceptors (Lipinski definition) is 4. The summed E-state index contributed by atoms with van der Waals surface area (Å²) in [7, 11) is 0. The maximum absolute atomic E-state index is 13.2. The molecule has 1 N–H and O–H groups in total. The lowest BCUT2D eigenvalue weighted by atomic mass is 10.3. The van der Waals surface area contributed by atoms with E-state index in [2.05, 4.69) is 17.3 Å². The lowest BCUT2D eigenvalue weighted by Gasteiger charge is -2.11. The van der Waals surface area contributed by atoms with E-state index in [1.54, 1.807) is 36.4 Å². The molecule has 6 nitrogen and oxygen atoms in total. The number of unbranched alkanes of at least 4 members (excludes halogenated alkanes) is 1. The van der Waals surface area contributed by atoms with Crippen LogP contribution in [0.25, 0.3) is 5.69 Å². The first-order valence-electron chi connectivity index (χ1n) is 9.85. The lowest BCUT2D eigenvalue weighted by molar-refractivity contribution is -0.141. The number of amides is 1. The molecule has 0 bridgehead atoms. The highest BCUT2D eigenvalue weighted by Gasteiger charge is 2.36. The number of anilines is 1. The van der Waals surface area contributed by atoms with Crippen LogP contribution in [0.5, 0.6) is 11.6 Å². The van der Waals surface area contributed by atoms with Gasteiger partial charge in [0.05, 0.1) is 17.3 Å². The summed E-state index contributed by atoms with van der Waals surface area (Å²) in [5, 5.41) is 6.35. The average Bonchev–Trinajstić information content (AvgIpc) is 3.19. The van der Waals surface area contributed by atoms with Gasteiger partial charge in [-0.1, -0.05) is 37.1 Å². The molecular weight excluding hydrogens is 447 g/mol. The molecule has 0 saturated carbocycles. The van der Waals surface area contributed by atoms with Gasteiger partial charge in [0.1, 0.15) is 5.75 Å². The number of benzene rings is 2. The van der Waals surface area contributed by atoms with Crippen LogP contribution in [0.3, 0.4) is 0 Å². The first kappa shape index (κ1) is 23.5. The Bertz CT molecular complexity index is 1050. The highest BCUT2D eigenvalue weighted by molar-refractivity contribution is 6.32. The van der Waals surface area contributed by atoms with Crippen LogP contribution in [0.1, 0.15) is 25.5 Å². The number of ether oxygens (including phenoxy) is 2. The van der Waals surface area contributed by atoms with Gasteiger partial charge in [-0.2, -0.15) is 23.0 Å². The molecule has 32 heavy (non-hydrogen) atoms. The molecule has 0 radical (unpaired) electrons. The number of aromatic nitrogens is 2. The number of para-hydroxylation sites is 1. The highest BCUT2D eigenvalue weighted by Crippen LogP contribution is 2.33. The van der Waals surface area contributed by atoms with Gasteiger partial charge in [-0.05, 0) is 42.8 Å². The molecule has 0 aliphatic rings. The SMILES string of the molecule is CCCCOc1ccc(NC(=O)COc2cc(C(F)(F)F)nn2-c2ccccc2Cl)cc1. The first-order valence-corrected chi connectivity index (χ1v) is 10.2. The van der Waals surface area contributed by atoms with E-state index in [1.807, 2.05) is 0 Å². The van der Waals surface area contributed by atoms with Gasteiger partial charge in [0.25, 0.3) is 5.91 Å². The van der Waals surface area contributed by atoms with E-state index < -0.39 is 24.4 Å². The van der Waals surface area contributed by atoms with E-state index in [0.717, 1.165) is 23.6 Å². The minimum absolute atomic E-state index is 0.180. The largest absolute Gasteiger partial charge is 0.494 e. The quantitative estimate of drug-likeness (QED) is 0.407. The number of halogens is 4. The molecule has 1 aromatic heterocycles. The van der Waals surface area contributed by atoms with Crippen LogP contribution in [0, 0.1) is 0 Å². The smallest absolute Gasteiger partial charge is 0.435 e. The Kier molecular flexibility index (Phi) is 7.63. The van der Waals surface area contributed by atoms with Gasteiger partial charge in [0.15, 0.2) is 12.3 Å². The second kappa shape index (κ2) is 10.4. The molecule has 3 aromatic rings. The standard InChI is InChI=1S/C22H21ClF3N3O3/c1-2-3-12-31-16-10-8-15(9-11-16)27-20(30)14-32-21-13-19(22(24,25)26)28-29(21)18-7-5-4-6-17(18)23/h4-11,13H,2-3,12,14H2,1H3,(H,27,30). The number of carbonyl (C=O) groups excluding carboxylic acids is 1. The van der Waals surface area contributed by atoms with E-state index in [9.17, 15) is 18.0 Å². The van der Waals surface area contributed by atoms with Gasteiger partial charge in [0.2, 0.25) is 5.88 Å². The zero-order valence-electron chi connectivity index (χ0n) is 17.2. The van der Waals surface area contributed by atoms with Crippen molar-refractivity contribution in [3.8, 4) is 17.3 Å². The van der Waals surface area contributed by atoms with Gasteiger partial charge >= 0.3 is 6.18 Å². The number of nitrogens with zero attached hydrogens (tertiary/aromatic N) is 2. The van der Waals surface area contributed by atoms with Crippen molar-refractivity contribution in [2.24, 2.45) is 0 Å². The van der Waals surface area contributed by atoms with Gasteiger partial charge < -0.3 is 14.8 Å². The molecular formula is C22H21ClF3N3O3. The summed E-state index contributed by atoms with van der Waals surface area (Å²) in [6.07, 6.45) is -2.72. The number of rotatable bonds is 9. The fourth-order valence-electron chi connectivity index (χ4n) is 2.71.